The van der Waals surface area contributed by atoms with Gasteiger partial charge in [0.15, 0.2) is 0 Å². The molecule has 4 rings (SSSR count). The molecule has 6 atom stereocenters. The number of rotatable bonds is 3. The van der Waals surface area contributed by atoms with Gasteiger partial charge in [-0.15, -0.1) is 0 Å². The molecule has 0 aromatic heterocycles. The zero-order valence-corrected chi connectivity index (χ0v) is 18.0. The fourth-order valence-electron chi connectivity index (χ4n) is 7.89. The number of fused-ring (bicyclic) bond motifs is 4. The summed E-state index contributed by atoms with van der Waals surface area (Å²) in [6.07, 6.45) is 12.2. The second kappa shape index (κ2) is 6.31. The third-order valence-electron chi connectivity index (χ3n) is 9.58. The maximum absolute atomic E-state index is 11.1. The Bertz CT molecular complexity index is 699. The van der Waals surface area contributed by atoms with E-state index in [1.54, 1.807) is 16.7 Å². The number of aliphatic hydroxyl groups excluding tert-OH is 1. The number of allylic oxidation sites excluding steroid dienone is 4. The van der Waals surface area contributed by atoms with E-state index in [1.807, 2.05) is 0 Å². The first-order valence-electron chi connectivity index (χ1n) is 11.2. The Morgan fingerprint density at radius 1 is 1.15 bits per heavy atom. The molecule has 0 saturated heterocycles. The summed E-state index contributed by atoms with van der Waals surface area (Å²) in [5, 5.41) is 10.7. The molecular formula is C25H38O2. The number of aliphatic hydroxyl groups is 1. The van der Waals surface area contributed by atoms with Gasteiger partial charge in [0.1, 0.15) is 6.29 Å². The van der Waals surface area contributed by atoms with Gasteiger partial charge in [-0.1, -0.05) is 46.3 Å². The van der Waals surface area contributed by atoms with E-state index in [-0.39, 0.29) is 22.3 Å². The first kappa shape index (κ1) is 19.4. The van der Waals surface area contributed by atoms with Crippen LogP contribution in [0.2, 0.25) is 0 Å². The van der Waals surface area contributed by atoms with Crippen LogP contribution in [-0.4, -0.2) is 17.5 Å². The average molecular weight is 371 g/mol. The molecule has 0 aliphatic heterocycles. The molecule has 1 unspecified atom stereocenters. The Kier molecular flexibility index (Phi) is 4.54. The van der Waals surface area contributed by atoms with Crippen molar-refractivity contribution in [1.82, 2.24) is 0 Å². The summed E-state index contributed by atoms with van der Waals surface area (Å²) in [6.45, 7) is 11.8. The van der Waals surface area contributed by atoms with Gasteiger partial charge in [-0.2, -0.15) is 0 Å². The standard InChI is InChI=1S/C25H38O2/c1-16(12-15-26)18-7-8-19-17-6-9-21-23(2,3)22(27)11-14-25(21,5)20(17)10-13-24(18,19)4/h8,15-16,18,21-22,27H,6-7,9-14H2,1-5H3/t16?,18-,21+,22+,24-,25-/m1/s1. The Hall–Kier alpha value is -0.890. The maximum Gasteiger partial charge on any atom is 0.120 e. The zero-order valence-electron chi connectivity index (χ0n) is 18.0. The maximum atomic E-state index is 11.1. The zero-order chi connectivity index (χ0) is 19.6. The van der Waals surface area contributed by atoms with Gasteiger partial charge in [0.05, 0.1) is 6.10 Å². The highest BCUT2D eigenvalue weighted by Crippen LogP contribution is 2.66. The fraction of sp³-hybridized carbons (Fsp3) is 0.800. The summed E-state index contributed by atoms with van der Waals surface area (Å²) in [7, 11) is 0. The van der Waals surface area contributed by atoms with Gasteiger partial charge in [0, 0.05) is 6.42 Å². The van der Waals surface area contributed by atoms with Gasteiger partial charge in [-0.25, -0.2) is 0 Å². The van der Waals surface area contributed by atoms with Crippen LogP contribution < -0.4 is 0 Å². The molecule has 0 bridgehead atoms. The highest BCUT2D eigenvalue weighted by Gasteiger charge is 2.57. The van der Waals surface area contributed by atoms with E-state index in [0.717, 1.165) is 25.5 Å². The smallest absolute Gasteiger partial charge is 0.120 e. The van der Waals surface area contributed by atoms with Gasteiger partial charge in [0.2, 0.25) is 0 Å². The molecule has 0 heterocycles. The molecule has 0 radical (unpaired) electrons. The molecule has 2 heteroatoms. The highest BCUT2D eigenvalue weighted by atomic mass is 16.3. The highest BCUT2D eigenvalue weighted by molar-refractivity contribution is 5.52. The van der Waals surface area contributed by atoms with Crippen molar-refractivity contribution in [1.29, 1.82) is 0 Å². The van der Waals surface area contributed by atoms with Crippen LogP contribution in [-0.2, 0) is 4.79 Å². The van der Waals surface area contributed by atoms with Crippen LogP contribution in [0, 0.1) is 34.0 Å². The van der Waals surface area contributed by atoms with Gasteiger partial charge < -0.3 is 9.90 Å². The predicted octanol–water partition coefficient (Wildman–Crippen LogP) is 5.85. The summed E-state index contributed by atoms with van der Waals surface area (Å²) < 4.78 is 0. The fourth-order valence-corrected chi connectivity index (χ4v) is 7.89. The number of carbonyl (C=O) groups excluding carboxylic acids is 1. The van der Waals surface area contributed by atoms with Crippen LogP contribution in [0.4, 0.5) is 0 Å². The monoisotopic (exact) mass is 370 g/mol. The second-order valence-corrected chi connectivity index (χ2v) is 11.1. The average Bonchev–Trinajstić information content (AvgIpc) is 2.96. The number of carbonyl (C=O) groups is 1. The summed E-state index contributed by atoms with van der Waals surface area (Å²) >= 11 is 0. The van der Waals surface area contributed by atoms with Crippen molar-refractivity contribution in [3.05, 3.63) is 22.8 Å². The van der Waals surface area contributed by atoms with Gasteiger partial charge in [-0.3, -0.25) is 0 Å². The third kappa shape index (κ3) is 2.58. The van der Waals surface area contributed by atoms with Crippen LogP contribution in [0.1, 0.15) is 86.0 Å². The molecule has 1 fully saturated rings. The third-order valence-corrected chi connectivity index (χ3v) is 9.58. The Morgan fingerprint density at radius 2 is 1.89 bits per heavy atom. The number of hydrogen-bond donors (Lipinski definition) is 1. The van der Waals surface area contributed by atoms with Crippen molar-refractivity contribution in [3.63, 3.8) is 0 Å². The minimum atomic E-state index is -0.161. The van der Waals surface area contributed by atoms with Crippen LogP contribution in [0.25, 0.3) is 0 Å². The molecular weight excluding hydrogens is 332 g/mol. The van der Waals surface area contributed by atoms with Gasteiger partial charge in [0.25, 0.3) is 0 Å². The van der Waals surface area contributed by atoms with Gasteiger partial charge >= 0.3 is 0 Å². The van der Waals surface area contributed by atoms with Crippen molar-refractivity contribution >= 4 is 6.29 Å². The van der Waals surface area contributed by atoms with Gasteiger partial charge in [-0.05, 0) is 90.1 Å². The molecule has 1 N–H and O–H groups in total. The lowest BCUT2D eigenvalue weighted by Gasteiger charge is -2.59. The summed E-state index contributed by atoms with van der Waals surface area (Å²) in [4.78, 5) is 11.1. The topological polar surface area (TPSA) is 37.3 Å². The summed E-state index contributed by atoms with van der Waals surface area (Å²) in [5.41, 5.74) is 5.56. The van der Waals surface area contributed by atoms with Crippen LogP contribution >= 0.6 is 0 Å². The normalized spacial score (nSPS) is 44.1. The molecule has 1 saturated carbocycles. The summed E-state index contributed by atoms with van der Waals surface area (Å²) in [5.74, 6) is 1.67. The van der Waals surface area contributed by atoms with E-state index in [0.29, 0.717) is 24.2 Å². The molecule has 0 aromatic carbocycles. The first-order chi connectivity index (χ1) is 12.7. The quantitative estimate of drug-likeness (QED) is 0.633. The van der Waals surface area contributed by atoms with Crippen molar-refractivity contribution in [3.8, 4) is 0 Å². The molecule has 150 valence electrons. The van der Waals surface area contributed by atoms with Crippen molar-refractivity contribution in [2.75, 3.05) is 0 Å². The van der Waals surface area contributed by atoms with Crippen LogP contribution in [0.3, 0.4) is 0 Å². The van der Waals surface area contributed by atoms with Crippen LogP contribution in [0.5, 0.6) is 0 Å². The Balaban J connectivity index is 1.71. The molecule has 2 nitrogen and oxygen atoms in total. The lowest BCUT2D eigenvalue weighted by atomic mass is 9.46. The van der Waals surface area contributed by atoms with Crippen LogP contribution in [0.15, 0.2) is 22.8 Å². The van der Waals surface area contributed by atoms with Crippen molar-refractivity contribution in [2.24, 2.45) is 34.0 Å². The van der Waals surface area contributed by atoms with E-state index in [1.165, 1.54) is 25.7 Å². The second-order valence-electron chi connectivity index (χ2n) is 11.1. The van der Waals surface area contributed by atoms with E-state index in [2.05, 4.69) is 40.7 Å². The minimum absolute atomic E-state index is 0.0113. The van der Waals surface area contributed by atoms with E-state index in [4.69, 9.17) is 0 Å². The SMILES string of the molecule is CC(CC=O)[C@H]1CC=C2C3=C(CC[C@@]21C)[C@@]1(C)CC[C@H](O)C(C)(C)[C@@H]1CC3. The molecule has 4 aliphatic carbocycles. The van der Waals surface area contributed by atoms with E-state index >= 15 is 0 Å². The Labute approximate surface area is 165 Å². The first-order valence-corrected chi connectivity index (χ1v) is 11.2. The summed E-state index contributed by atoms with van der Waals surface area (Å²) in [6, 6.07) is 0. The molecule has 0 aromatic rings. The molecule has 0 spiro atoms. The molecule has 0 amide bonds. The number of hydrogen-bond acceptors (Lipinski definition) is 2. The van der Waals surface area contributed by atoms with Crippen molar-refractivity contribution < 1.29 is 9.90 Å². The lowest BCUT2D eigenvalue weighted by molar-refractivity contribution is -0.109. The molecule has 4 aliphatic rings. The molecule has 27 heavy (non-hydrogen) atoms. The van der Waals surface area contributed by atoms with Crippen molar-refractivity contribution in [2.45, 2.75) is 92.1 Å². The van der Waals surface area contributed by atoms with E-state index in [9.17, 15) is 9.90 Å². The predicted molar refractivity (Wildman–Crippen MR) is 110 cm³/mol. The minimum Gasteiger partial charge on any atom is -0.393 e. The Morgan fingerprint density at radius 3 is 2.59 bits per heavy atom. The largest absolute Gasteiger partial charge is 0.393 e. The van der Waals surface area contributed by atoms with E-state index < -0.39 is 0 Å². The number of aldehydes is 1. The lowest BCUT2D eigenvalue weighted by Crippen LogP contribution is -2.53.